The van der Waals surface area contributed by atoms with Crippen LogP contribution < -0.4 is 0 Å². The van der Waals surface area contributed by atoms with E-state index in [1.807, 2.05) is 0 Å². The fourth-order valence-corrected chi connectivity index (χ4v) is 0.866. The molecule has 0 aliphatic rings. The van der Waals surface area contributed by atoms with Crippen molar-refractivity contribution in [1.82, 2.24) is 0 Å². The molecule has 0 aliphatic heterocycles. The molecule has 0 rings (SSSR count). The van der Waals surface area contributed by atoms with Crippen LogP contribution in [0.1, 0.15) is 77.2 Å². The average Bonchev–Trinajstić information content (AvgIpc) is 1.72. The summed E-state index contributed by atoms with van der Waals surface area (Å²) in [5.74, 6) is 0.986. The highest BCUT2D eigenvalue weighted by atomic mass is 14.0. The predicted octanol–water partition coefficient (Wildman–Crippen LogP) is 6.01. The van der Waals surface area contributed by atoms with E-state index in [0.717, 1.165) is 5.92 Å². The van der Waals surface area contributed by atoms with Gasteiger partial charge in [-0.25, -0.2) is 0 Å². The molecule has 0 saturated heterocycles. The quantitative estimate of drug-likeness (QED) is 0.498. The molecule has 0 saturated carbocycles. The van der Waals surface area contributed by atoms with Gasteiger partial charge in [0.15, 0.2) is 0 Å². The minimum atomic E-state index is 0. The monoisotopic (exact) mass is 180 g/mol. The first-order chi connectivity index (χ1) is 3.35. The standard InChI is InChI=1S/C7H16.5CH4/c1-4-7(5-2)6-3;;;;;/h7H,4-6H2,1-3H3;5*1H4. The molecule has 0 aromatic heterocycles. The Hall–Kier alpha value is 0. The van der Waals surface area contributed by atoms with Crippen LogP contribution in [0.4, 0.5) is 0 Å². The number of hydrogen-bond donors (Lipinski definition) is 0. The van der Waals surface area contributed by atoms with Gasteiger partial charge in [-0.05, 0) is 5.92 Å². The van der Waals surface area contributed by atoms with Gasteiger partial charge in [0, 0.05) is 0 Å². The first kappa shape index (κ1) is 40.3. The first-order valence-corrected chi connectivity index (χ1v) is 3.35. The second-order valence-electron chi connectivity index (χ2n) is 2.09. The summed E-state index contributed by atoms with van der Waals surface area (Å²) >= 11 is 0. The molecule has 84 valence electrons. The van der Waals surface area contributed by atoms with Crippen molar-refractivity contribution in [2.75, 3.05) is 0 Å². The molecule has 0 aromatic carbocycles. The number of rotatable bonds is 3. The lowest BCUT2D eigenvalue weighted by atomic mass is 10.0. The Morgan fingerprint density at radius 3 is 0.750 bits per heavy atom. The Balaban J connectivity index is -0.0000000180. The molecule has 0 radical (unpaired) electrons. The molecule has 0 aliphatic carbocycles. The van der Waals surface area contributed by atoms with Gasteiger partial charge in [-0.15, -0.1) is 0 Å². The Bertz CT molecular complexity index is 21.5. The van der Waals surface area contributed by atoms with Gasteiger partial charge in [0.05, 0.1) is 0 Å². The van der Waals surface area contributed by atoms with Gasteiger partial charge >= 0.3 is 0 Å². The van der Waals surface area contributed by atoms with Crippen LogP contribution in [-0.4, -0.2) is 0 Å². The Morgan fingerprint density at radius 2 is 0.750 bits per heavy atom. The Kier molecular flexibility index (Phi) is 103. The number of hydrogen-bond acceptors (Lipinski definition) is 0. The van der Waals surface area contributed by atoms with Crippen LogP contribution in [0.5, 0.6) is 0 Å². The second kappa shape index (κ2) is 30.6. The van der Waals surface area contributed by atoms with E-state index in [9.17, 15) is 0 Å². The molecule has 0 aromatic rings. The minimum Gasteiger partial charge on any atom is -0.0776 e. The van der Waals surface area contributed by atoms with Gasteiger partial charge in [0.25, 0.3) is 0 Å². The largest absolute Gasteiger partial charge is 0.0776 e. The highest BCUT2D eigenvalue weighted by molar-refractivity contribution is 4.48. The van der Waals surface area contributed by atoms with Crippen molar-refractivity contribution in [2.45, 2.75) is 77.2 Å². The molecule has 0 N–H and O–H groups in total. The average molecular weight is 180 g/mol. The van der Waals surface area contributed by atoms with Crippen molar-refractivity contribution >= 4 is 0 Å². The van der Waals surface area contributed by atoms with Crippen molar-refractivity contribution < 1.29 is 0 Å². The zero-order valence-corrected chi connectivity index (χ0v) is 5.70. The highest BCUT2D eigenvalue weighted by Crippen LogP contribution is 2.09. The van der Waals surface area contributed by atoms with Crippen LogP contribution in [0.3, 0.4) is 0 Å². The minimum absolute atomic E-state index is 0. The van der Waals surface area contributed by atoms with E-state index in [1.54, 1.807) is 0 Å². The topological polar surface area (TPSA) is 0 Å². The summed E-state index contributed by atoms with van der Waals surface area (Å²) in [5.41, 5.74) is 0. The van der Waals surface area contributed by atoms with Crippen molar-refractivity contribution in [3.63, 3.8) is 0 Å². The van der Waals surface area contributed by atoms with Crippen molar-refractivity contribution in [2.24, 2.45) is 5.92 Å². The van der Waals surface area contributed by atoms with E-state index in [1.165, 1.54) is 19.3 Å². The van der Waals surface area contributed by atoms with Crippen LogP contribution in [0.2, 0.25) is 0 Å². The molecule has 0 amide bonds. The third-order valence-corrected chi connectivity index (χ3v) is 1.73. The molecule has 0 bridgehead atoms. The molecular formula is C12H36. The first-order valence-electron chi connectivity index (χ1n) is 3.35. The fourth-order valence-electron chi connectivity index (χ4n) is 0.866. The van der Waals surface area contributed by atoms with Gasteiger partial charge in [-0.1, -0.05) is 77.2 Å². The van der Waals surface area contributed by atoms with Crippen LogP contribution in [0.25, 0.3) is 0 Å². The van der Waals surface area contributed by atoms with E-state index in [4.69, 9.17) is 0 Å². The molecule has 0 fully saturated rings. The van der Waals surface area contributed by atoms with Crippen molar-refractivity contribution in [1.29, 1.82) is 0 Å². The molecule has 0 spiro atoms. The summed E-state index contributed by atoms with van der Waals surface area (Å²) < 4.78 is 0. The molecule has 12 heavy (non-hydrogen) atoms. The zero-order chi connectivity index (χ0) is 5.70. The maximum Gasteiger partial charge on any atom is -0.0422 e. The summed E-state index contributed by atoms with van der Waals surface area (Å²) in [6.07, 6.45) is 4.06. The highest BCUT2D eigenvalue weighted by Gasteiger charge is 1.95. The zero-order valence-electron chi connectivity index (χ0n) is 5.70. The molecule has 0 nitrogen and oxygen atoms in total. The predicted molar refractivity (Wildman–Crippen MR) is 68.0 cm³/mol. The lowest BCUT2D eigenvalue weighted by Crippen LogP contribution is -1.91. The fraction of sp³-hybridized carbons (Fsp3) is 1.00. The SMILES string of the molecule is C.C.C.C.C.CCC(CC)CC. The van der Waals surface area contributed by atoms with Gasteiger partial charge in [0.1, 0.15) is 0 Å². The van der Waals surface area contributed by atoms with Crippen molar-refractivity contribution in [3.8, 4) is 0 Å². The smallest absolute Gasteiger partial charge is 0.0422 e. The summed E-state index contributed by atoms with van der Waals surface area (Å²) in [6, 6.07) is 0. The van der Waals surface area contributed by atoms with E-state index in [0.29, 0.717) is 0 Å². The van der Waals surface area contributed by atoms with Gasteiger partial charge in [-0.2, -0.15) is 0 Å². The Labute approximate surface area is 83.8 Å². The molecular weight excluding hydrogens is 144 g/mol. The summed E-state index contributed by atoms with van der Waals surface area (Å²) in [5, 5.41) is 0. The van der Waals surface area contributed by atoms with Crippen molar-refractivity contribution in [3.05, 3.63) is 0 Å². The van der Waals surface area contributed by atoms with Crippen LogP contribution in [-0.2, 0) is 0 Å². The third-order valence-electron chi connectivity index (χ3n) is 1.73. The Morgan fingerprint density at radius 1 is 0.583 bits per heavy atom. The van der Waals surface area contributed by atoms with Crippen LogP contribution in [0.15, 0.2) is 0 Å². The second-order valence-corrected chi connectivity index (χ2v) is 2.09. The van der Waals surface area contributed by atoms with E-state index in [2.05, 4.69) is 20.8 Å². The lowest BCUT2D eigenvalue weighted by molar-refractivity contribution is 0.477. The summed E-state index contributed by atoms with van der Waals surface area (Å²) in [4.78, 5) is 0. The molecule has 0 atom stereocenters. The molecule has 0 heterocycles. The lowest BCUT2D eigenvalue weighted by Gasteiger charge is -2.05. The normalized spacial score (nSPS) is 6.00. The van der Waals surface area contributed by atoms with E-state index >= 15 is 0 Å². The van der Waals surface area contributed by atoms with Crippen LogP contribution in [0, 0.1) is 5.92 Å². The van der Waals surface area contributed by atoms with E-state index in [-0.39, 0.29) is 37.1 Å². The maximum absolute atomic E-state index is 2.26. The van der Waals surface area contributed by atoms with E-state index < -0.39 is 0 Å². The van der Waals surface area contributed by atoms with Gasteiger partial charge in [0.2, 0.25) is 0 Å². The van der Waals surface area contributed by atoms with Crippen LogP contribution >= 0.6 is 0 Å². The van der Waals surface area contributed by atoms with Gasteiger partial charge in [-0.3, -0.25) is 0 Å². The molecule has 0 heteroatoms. The molecule has 0 unspecified atom stereocenters. The summed E-state index contributed by atoms with van der Waals surface area (Å²) in [6.45, 7) is 6.78. The third kappa shape index (κ3) is 22.5. The van der Waals surface area contributed by atoms with Gasteiger partial charge < -0.3 is 0 Å². The maximum atomic E-state index is 2.26. The summed E-state index contributed by atoms with van der Waals surface area (Å²) in [7, 11) is 0.